The van der Waals surface area contributed by atoms with E-state index < -0.39 is 29.7 Å². The first-order valence-electron chi connectivity index (χ1n) is 12.0. The number of rotatable bonds is 6. The Bertz CT molecular complexity index is 1330. The zero-order valence-electron chi connectivity index (χ0n) is 20.0. The lowest BCUT2D eigenvalue weighted by atomic mass is 10.1. The third-order valence-electron chi connectivity index (χ3n) is 6.66. The van der Waals surface area contributed by atoms with Gasteiger partial charge in [0.05, 0.1) is 30.9 Å². The fraction of sp³-hybridized carbons (Fsp3) is 0.480. The van der Waals surface area contributed by atoms with Gasteiger partial charge in [-0.25, -0.2) is 9.78 Å². The van der Waals surface area contributed by atoms with Crippen molar-refractivity contribution in [2.45, 2.75) is 45.2 Å². The molecule has 4 heterocycles. The van der Waals surface area contributed by atoms with Crippen molar-refractivity contribution in [1.29, 1.82) is 0 Å². The maximum Gasteiger partial charge on any atom is 0.330 e. The van der Waals surface area contributed by atoms with Gasteiger partial charge in [0.1, 0.15) is 12.0 Å². The molecule has 2 saturated heterocycles. The van der Waals surface area contributed by atoms with Crippen molar-refractivity contribution in [3.8, 4) is 0 Å². The van der Waals surface area contributed by atoms with E-state index in [-0.39, 0.29) is 6.42 Å². The van der Waals surface area contributed by atoms with Gasteiger partial charge in [-0.1, -0.05) is 12.1 Å². The van der Waals surface area contributed by atoms with Crippen LogP contribution in [0.5, 0.6) is 0 Å². The monoisotopic (exact) mass is 481 g/mol. The lowest BCUT2D eigenvalue weighted by Gasteiger charge is -2.30. The van der Waals surface area contributed by atoms with Crippen molar-refractivity contribution in [2.75, 3.05) is 37.7 Å². The van der Waals surface area contributed by atoms with E-state index in [9.17, 15) is 14.7 Å². The summed E-state index contributed by atoms with van der Waals surface area (Å²) in [6, 6.07) is 8.43. The summed E-state index contributed by atoms with van der Waals surface area (Å²) in [6.45, 7) is 7.58. The Morgan fingerprint density at radius 2 is 2.00 bits per heavy atom. The van der Waals surface area contributed by atoms with E-state index >= 15 is 0 Å². The van der Waals surface area contributed by atoms with Crippen molar-refractivity contribution >= 4 is 16.7 Å². The molecule has 1 aromatic carbocycles. The summed E-state index contributed by atoms with van der Waals surface area (Å²) in [4.78, 5) is 33.4. The normalized spacial score (nSPS) is 22.7. The second-order valence-electron chi connectivity index (χ2n) is 9.31. The van der Waals surface area contributed by atoms with Crippen LogP contribution in [-0.4, -0.2) is 64.7 Å². The zero-order chi connectivity index (χ0) is 24.5. The molecule has 0 radical (unpaired) electrons. The Labute approximate surface area is 202 Å². The van der Waals surface area contributed by atoms with Crippen molar-refractivity contribution in [3.05, 3.63) is 68.0 Å². The number of benzene rings is 1. The molecule has 3 atom stereocenters. The molecule has 10 heteroatoms. The minimum atomic E-state index is -0.733. The van der Waals surface area contributed by atoms with Crippen molar-refractivity contribution in [1.82, 2.24) is 19.9 Å². The van der Waals surface area contributed by atoms with E-state index in [1.54, 1.807) is 6.92 Å². The number of aryl methyl sites for hydroxylation is 2. The lowest BCUT2D eigenvalue weighted by molar-refractivity contribution is -0.0194. The second-order valence-corrected chi connectivity index (χ2v) is 9.31. The standard InChI is InChI=1S/C25H31N5O5/c1-15-3-4-17-10-18(23(27-19(17)9-15)29-5-7-34-8-6-29)12-26-13-21-20(31)11-22(35-21)30-14-16(2)24(32)28-25(30)33/h3-4,9-10,14,20-22,26,31H,5-8,11-13H2,1-2H3,(H,28,32,33)/t20-,21+,22+/m0/s1. The molecule has 0 amide bonds. The highest BCUT2D eigenvalue weighted by Gasteiger charge is 2.35. The largest absolute Gasteiger partial charge is 0.390 e. The van der Waals surface area contributed by atoms with Crippen LogP contribution >= 0.6 is 0 Å². The molecule has 5 rings (SSSR count). The second kappa shape index (κ2) is 9.90. The lowest BCUT2D eigenvalue weighted by Crippen LogP contribution is -2.38. The zero-order valence-corrected chi connectivity index (χ0v) is 20.0. The van der Waals surface area contributed by atoms with Crippen LogP contribution in [0.3, 0.4) is 0 Å². The molecule has 0 unspecified atom stereocenters. The van der Waals surface area contributed by atoms with Crippen LogP contribution < -0.4 is 21.5 Å². The van der Waals surface area contributed by atoms with Gasteiger partial charge in [0.25, 0.3) is 5.56 Å². The maximum atomic E-state index is 12.2. The third-order valence-corrected chi connectivity index (χ3v) is 6.66. The molecule has 186 valence electrons. The van der Waals surface area contributed by atoms with Crippen LogP contribution in [0.4, 0.5) is 5.82 Å². The van der Waals surface area contributed by atoms with E-state index in [1.165, 1.54) is 16.3 Å². The summed E-state index contributed by atoms with van der Waals surface area (Å²) in [6.07, 6.45) is -0.0987. The Balaban J connectivity index is 1.30. The molecule has 2 aromatic heterocycles. The first kappa shape index (κ1) is 23.7. The van der Waals surface area contributed by atoms with Gasteiger partial charge in [0.2, 0.25) is 0 Å². The number of morpholine rings is 1. The number of H-pyrrole nitrogens is 1. The predicted octanol–water partition coefficient (Wildman–Crippen LogP) is 0.976. The van der Waals surface area contributed by atoms with Gasteiger partial charge in [0, 0.05) is 55.3 Å². The summed E-state index contributed by atoms with van der Waals surface area (Å²) in [7, 11) is 0. The topological polar surface area (TPSA) is 122 Å². The quantitative estimate of drug-likeness (QED) is 0.476. The molecular formula is C25H31N5O5. The van der Waals surface area contributed by atoms with Crippen molar-refractivity contribution < 1.29 is 14.6 Å². The van der Waals surface area contributed by atoms with Crippen LogP contribution in [0, 0.1) is 13.8 Å². The molecular weight excluding hydrogens is 450 g/mol. The van der Waals surface area contributed by atoms with Crippen LogP contribution in [0.1, 0.15) is 29.3 Å². The number of fused-ring (bicyclic) bond motifs is 1. The summed E-state index contributed by atoms with van der Waals surface area (Å²) in [5.41, 5.74) is 2.66. The average molecular weight is 482 g/mol. The molecule has 3 aromatic rings. The molecule has 35 heavy (non-hydrogen) atoms. The number of aliphatic hydroxyl groups excluding tert-OH is 1. The number of aromatic nitrogens is 3. The summed E-state index contributed by atoms with van der Waals surface area (Å²) in [5.74, 6) is 0.944. The number of hydrogen-bond acceptors (Lipinski definition) is 8. The number of hydrogen-bond donors (Lipinski definition) is 3. The Morgan fingerprint density at radius 1 is 1.20 bits per heavy atom. The van der Waals surface area contributed by atoms with E-state index in [2.05, 4.69) is 46.4 Å². The fourth-order valence-electron chi connectivity index (χ4n) is 4.71. The number of nitrogens with one attached hydrogen (secondary N) is 2. The van der Waals surface area contributed by atoms with Gasteiger partial charge < -0.3 is 24.8 Å². The number of anilines is 1. The first-order chi connectivity index (χ1) is 16.9. The van der Waals surface area contributed by atoms with Crippen LogP contribution in [0.15, 0.2) is 40.1 Å². The van der Waals surface area contributed by atoms with E-state index in [4.69, 9.17) is 14.5 Å². The number of aliphatic hydroxyl groups is 1. The average Bonchev–Trinajstić information content (AvgIpc) is 3.21. The van der Waals surface area contributed by atoms with Gasteiger partial charge in [-0.2, -0.15) is 0 Å². The van der Waals surface area contributed by atoms with Crippen LogP contribution in [0.2, 0.25) is 0 Å². The molecule has 2 aliphatic heterocycles. The Kier molecular flexibility index (Phi) is 6.70. The SMILES string of the molecule is Cc1ccc2cc(CNC[C@H]3O[C@@H](n4cc(C)c(=O)[nH]c4=O)C[C@@H]3O)c(N3CCOCC3)nc2c1. The summed E-state index contributed by atoms with van der Waals surface area (Å²) < 4.78 is 12.9. The van der Waals surface area contributed by atoms with Crippen molar-refractivity contribution in [2.24, 2.45) is 0 Å². The molecule has 0 saturated carbocycles. The molecule has 10 nitrogen and oxygen atoms in total. The van der Waals surface area contributed by atoms with Gasteiger partial charge in [0.15, 0.2) is 0 Å². The van der Waals surface area contributed by atoms with Gasteiger partial charge in [-0.05, 0) is 31.5 Å². The molecule has 3 N–H and O–H groups in total. The highest BCUT2D eigenvalue weighted by atomic mass is 16.5. The third kappa shape index (κ3) is 5.01. The predicted molar refractivity (Wildman–Crippen MR) is 132 cm³/mol. The number of pyridine rings is 1. The maximum absolute atomic E-state index is 12.2. The molecule has 0 spiro atoms. The highest BCUT2D eigenvalue weighted by Crippen LogP contribution is 2.28. The number of nitrogens with zero attached hydrogens (tertiary/aromatic N) is 3. The van der Waals surface area contributed by atoms with E-state index in [0.717, 1.165) is 35.4 Å². The molecule has 0 aliphatic carbocycles. The minimum absolute atomic E-state index is 0.271. The summed E-state index contributed by atoms with van der Waals surface area (Å²) >= 11 is 0. The Hall–Kier alpha value is -3.05. The molecule has 2 fully saturated rings. The minimum Gasteiger partial charge on any atom is -0.390 e. The van der Waals surface area contributed by atoms with Crippen LogP contribution in [-0.2, 0) is 16.0 Å². The van der Waals surface area contributed by atoms with Gasteiger partial charge >= 0.3 is 5.69 Å². The first-order valence-corrected chi connectivity index (χ1v) is 12.0. The number of ether oxygens (including phenoxy) is 2. The van der Waals surface area contributed by atoms with E-state index in [0.29, 0.717) is 31.9 Å². The smallest absolute Gasteiger partial charge is 0.330 e. The fourth-order valence-corrected chi connectivity index (χ4v) is 4.71. The van der Waals surface area contributed by atoms with Gasteiger partial charge in [-0.15, -0.1) is 0 Å². The van der Waals surface area contributed by atoms with E-state index in [1.807, 2.05) is 0 Å². The van der Waals surface area contributed by atoms with Crippen molar-refractivity contribution in [3.63, 3.8) is 0 Å². The summed E-state index contributed by atoms with van der Waals surface area (Å²) in [5, 5.41) is 15.1. The van der Waals surface area contributed by atoms with Gasteiger partial charge in [-0.3, -0.25) is 14.3 Å². The molecule has 0 bridgehead atoms. The Morgan fingerprint density at radius 3 is 2.80 bits per heavy atom. The van der Waals surface area contributed by atoms with Crippen LogP contribution in [0.25, 0.3) is 10.9 Å². The molecule has 2 aliphatic rings. The highest BCUT2D eigenvalue weighted by molar-refractivity contribution is 5.82. The number of aromatic amines is 1.